The van der Waals surface area contributed by atoms with Crippen LogP contribution in [0.4, 0.5) is 10.1 Å². The monoisotopic (exact) mass is 199 g/mol. The number of alkyl halides is 1. The van der Waals surface area contributed by atoms with Gasteiger partial charge in [0.25, 0.3) is 0 Å². The van der Waals surface area contributed by atoms with Crippen molar-refractivity contribution in [3.8, 4) is 0 Å². The van der Waals surface area contributed by atoms with E-state index in [4.69, 9.17) is 11.6 Å². The maximum atomic E-state index is 12.7. The van der Waals surface area contributed by atoms with Crippen LogP contribution in [0.2, 0.25) is 0 Å². The first kappa shape index (κ1) is 10.1. The molecule has 1 aromatic carbocycles. The minimum absolute atomic E-state index is 0.230. The Hall–Kier alpha value is -1.02. The Kier molecular flexibility index (Phi) is 4.33. The second kappa shape index (κ2) is 5.60. The molecule has 0 unspecified atom stereocenters. The Labute approximate surface area is 82.2 Å². The molecule has 0 spiro atoms. The van der Waals surface area contributed by atoms with Gasteiger partial charge in [0, 0.05) is 18.1 Å². The van der Waals surface area contributed by atoms with E-state index in [0.717, 1.165) is 5.69 Å². The standard InChI is InChI=1S/C10H11ClFN/c11-6-1-2-7-13-10-5-3-4-9(12)8-10/h1-5,8,13H,6-7H2/b2-1+. The number of hydrogen-bond donors (Lipinski definition) is 1. The Morgan fingerprint density at radius 1 is 1.38 bits per heavy atom. The lowest BCUT2D eigenvalue weighted by Crippen LogP contribution is -1.98. The van der Waals surface area contributed by atoms with Crippen LogP contribution in [0.3, 0.4) is 0 Å². The van der Waals surface area contributed by atoms with Crippen molar-refractivity contribution in [1.29, 1.82) is 0 Å². The van der Waals surface area contributed by atoms with Gasteiger partial charge in [-0.1, -0.05) is 18.2 Å². The summed E-state index contributed by atoms with van der Waals surface area (Å²) >= 11 is 5.43. The predicted molar refractivity (Wildman–Crippen MR) is 54.7 cm³/mol. The Morgan fingerprint density at radius 3 is 2.92 bits per heavy atom. The molecule has 0 saturated heterocycles. The first-order valence-corrected chi connectivity index (χ1v) is 4.57. The summed E-state index contributed by atoms with van der Waals surface area (Å²) in [6, 6.07) is 6.36. The minimum atomic E-state index is -0.230. The fourth-order valence-corrected chi connectivity index (χ4v) is 1.05. The smallest absolute Gasteiger partial charge is 0.125 e. The van der Waals surface area contributed by atoms with Gasteiger partial charge in [-0.3, -0.25) is 0 Å². The summed E-state index contributed by atoms with van der Waals surface area (Å²) in [5.41, 5.74) is 0.777. The van der Waals surface area contributed by atoms with Gasteiger partial charge in [0.15, 0.2) is 0 Å². The van der Waals surface area contributed by atoms with E-state index in [1.54, 1.807) is 6.07 Å². The maximum Gasteiger partial charge on any atom is 0.125 e. The Balaban J connectivity index is 2.41. The van der Waals surface area contributed by atoms with Crippen molar-refractivity contribution in [3.05, 3.63) is 42.2 Å². The summed E-state index contributed by atoms with van der Waals surface area (Å²) in [4.78, 5) is 0. The molecular weight excluding hydrogens is 189 g/mol. The summed E-state index contributed by atoms with van der Waals surface area (Å²) in [5.74, 6) is 0.275. The van der Waals surface area contributed by atoms with Crippen LogP contribution in [0.5, 0.6) is 0 Å². The lowest BCUT2D eigenvalue weighted by Gasteiger charge is -2.01. The number of benzene rings is 1. The fraction of sp³-hybridized carbons (Fsp3) is 0.200. The van der Waals surface area contributed by atoms with Gasteiger partial charge in [0.2, 0.25) is 0 Å². The number of nitrogens with one attached hydrogen (secondary N) is 1. The molecule has 0 aliphatic carbocycles. The van der Waals surface area contributed by atoms with Crippen molar-refractivity contribution < 1.29 is 4.39 Å². The highest BCUT2D eigenvalue weighted by atomic mass is 35.5. The second-order valence-corrected chi connectivity index (χ2v) is 2.83. The van der Waals surface area contributed by atoms with Crippen molar-refractivity contribution in [3.63, 3.8) is 0 Å². The van der Waals surface area contributed by atoms with Gasteiger partial charge in [-0.05, 0) is 18.2 Å². The number of hydrogen-bond acceptors (Lipinski definition) is 1. The molecule has 13 heavy (non-hydrogen) atoms. The van der Waals surface area contributed by atoms with Crippen LogP contribution in [0.25, 0.3) is 0 Å². The van der Waals surface area contributed by atoms with Crippen LogP contribution in [0.1, 0.15) is 0 Å². The number of anilines is 1. The van der Waals surface area contributed by atoms with Gasteiger partial charge >= 0.3 is 0 Å². The molecule has 0 atom stereocenters. The molecule has 0 aromatic heterocycles. The summed E-state index contributed by atoms with van der Waals surface area (Å²) < 4.78 is 12.7. The van der Waals surface area contributed by atoms with E-state index in [1.165, 1.54) is 12.1 Å². The lowest BCUT2D eigenvalue weighted by molar-refractivity contribution is 0.628. The number of halogens is 2. The third-order valence-corrected chi connectivity index (χ3v) is 1.68. The molecule has 3 heteroatoms. The lowest BCUT2D eigenvalue weighted by atomic mass is 10.3. The van der Waals surface area contributed by atoms with Gasteiger partial charge in [0.1, 0.15) is 5.82 Å². The molecule has 0 amide bonds. The van der Waals surface area contributed by atoms with Gasteiger partial charge < -0.3 is 5.32 Å². The first-order chi connectivity index (χ1) is 6.33. The average Bonchev–Trinajstić information content (AvgIpc) is 2.13. The highest BCUT2D eigenvalue weighted by Crippen LogP contribution is 2.08. The third-order valence-electron chi connectivity index (χ3n) is 1.50. The first-order valence-electron chi connectivity index (χ1n) is 4.03. The zero-order valence-corrected chi connectivity index (χ0v) is 7.89. The molecule has 0 aliphatic heterocycles. The van der Waals surface area contributed by atoms with E-state index in [0.29, 0.717) is 12.4 Å². The Morgan fingerprint density at radius 2 is 2.23 bits per heavy atom. The van der Waals surface area contributed by atoms with Crippen LogP contribution in [-0.4, -0.2) is 12.4 Å². The summed E-state index contributed by atoms with van der Waals surface area (Å²) in [7, 11) is 0. The molecule has 0 radical (unpaired) electrons. The van der Waals surface area contributed by atoms with Gasteiger partial charge in [-0.25, -0.2) is 4.39 Å². The highest BCUT2D eigenvalue weighted by Gasteiger charge is 1.91. The summed E-state index contributed by atoms with van der Waals surface area (Å²) in [6.07, 6.45) is 3.74. The maximum absolute atomic E-state index is 12.7. The molecule has 1 nitrogen and oxygen atoms in total. The second-order valence-electron chi connectivity index (χ2n) is 2.52. The molecule has 0 aliphatic rings. The topological polar surface area (TPSA) is 12.0 Å². The molecule has 1 N–H and O–H groups in total. The molecule has 1 aromatic rings. The van der Waals surface area contributed by atoms with E-state index in [2.05, 4.69) is 5.32 Å². The van der Waals surface area contributed by atoms with Gasteiger partial charge in [-0.2, -0.15) is 0 Å². The number of rotatable bonds is 4. The number of allylic oxidation sites excluding steroid dienone is 1. The summed E-state index contributed by atoms with van der Waals surface area (Å²) in [6.45, 7) is 0.663. The minimum Gasteiger partial charge on any atom is -0.381 e. The van der Waals surface area contributed by atoms with Crippen LogP contribution in [-0.2, 0) is 0 Å². The van der Waals surface area contributed by atoms with Crippen LogP contribution in [0.15, 0.2) is 36.4 Å². The highest BCUT2D eigenvalue weighted by molar-refractivity contribution is 6.18. The third kappa shape index (κ3) is 3.95. The SMILES string of the molecule is Fc1cccc(NC/C=C/CCl)c1. The van der Waals surface area contributed by atoms with Crippen molar-refractivity contribution in [2.24, 2.45) is 0 Å². The predicted octanol–water partition coefficient (Wildman–Crippen LogP) is 3.03. The molecule has 0 fully saturated rings. The van der Waals surface area contributed by atoms with E-state index in [9.17, 15) is 4.39 Å². The Bertz CT molecular complexity index is 286. The van der Waals surface area contributed by atoms with Crippen molar-refractivity contribution in [2.45, 2.75) is 0 Å². The van der Waals surface area contributed by atoms with E-state index in [-0.39, 0.29) is 5.82 Å². The largest absolute Gasteiger partial charge is 0.381 e. The van der Waals surface area contributed by atoms with Crippen LogP contribution < -0.4 is 5.32 Å². The zero-order valence-electron chi connectivity index (χ0n) is 7.13. The molecular formula is C10H11ClFN. The molecule has 1 rings (SSSR count). The van der Waals surface area contributed by atoms with Crippen LogP contribution >= 0.6 is 11.6 Å². The van der Waals surface area contributed by atoms with Gasteiger partial charge in [0.05, 0.1) is 0 Å². The van der Waals surface area contributed by atoms with Crippen molar-refractivity contribution >= 4 is 17.3 Å². The quantitative estimate of drug-likeness (QED) is 0.581. The van der Waals surface area contributed by atoms with Crippen LogP contribution in [0, 0.1) is 5.82 Å². The van der Waals surface area contributed by atoms with Crippen molar-refractivity contribution in [2.75, 3.05) is 17.7 Å². The van der Waals surface area contributed by atoms with E-state index >= 15 is 0 Å². The summed E-state index contributed by atoms with van der Waals surface area (Å²) in [5, 5.41) is 3.03. The van der Waals surface area contributed by atoms with Crippen molar-refractivity contribution in [1.82, 2.24) is 0 Å². The van der Waals surface area contributed by atoms with Gasteiger partial charge in [-0.15, -0.1) is 11.6 Å². The normalized spacial score (nSPS) is 10.6. The molecule has 0 bridgehead atoms. The van der Waals surface area contributed by atoms with E-state index in [1.807, 2.05) is 18.2 Å². The fourth-order valence-electron chi connectivity index (χ4n) is 0.922. The molecule has 0 saturated carbocycles. The van der Waals surface area contributed by atoms with E-state index < -0.39 is 0 Å². The molecule has 70 valence electrons. The zero-order chi connectivity index (χ0) is 9.52. The molecule has 0 heterocycles. The average molecular weight is 200 g/mol.